The summed E-state index contributed by atoms with van der Waals surface area (Å²) in [5, 5.41) is 14.4. The first-order chi connectivity index (χ1) is 11.8. The fraction of sp³-hybridized carbons (Fsp3) is 0.737. The molecule has 1 aromatic rings. The minimum Gasteiger partial charge on any atom is -0.387 e. The molecular weight excluding hydrogens is 356 g/mol. The van der Waals surface area contributed by atoms with E-state index in [2.05, 4.69) is 5.32 Å². The lowest BCUT2D eigenvalue weighted by Crippen LogP contribution is -2.51. The number of hydrogen-bond acceptors (Lipinski definition) is 4. The summed E-state index contributed by atoms with van der Waals surface area (Å²) in [6.45, 7) is 0.507. The topological polar surface area (TPSA) is 52.6 Å². The van der Waals surface area contributed by atoms with Crippen LogP contribution in [0.3, 0.4) is 0 Å². The minimum atomic E-state index is -0.648. The van der Waals surface area contributed by atoms with Gasteiger partial charge in [0.1, 0.15) is 5.00 Å². The Hall–Kier alpha value is -0.620. The molecule has 138 valence electrons. The van der Waals surface area contributed by atoms with Crippen molar-refractivity contribution < 1.29 is 9.90 Å². The largest absolute Gasteiger partial charge is 0.387 e. The first kappa shape index (κ1) is 17.8. The lowest BCUT2D eigenvalue weighted by atomic mass is 9.49. The average Bonchev–Trinajstić information content (AvgIpc) is 2.86. The number of anilines is 1. The molecule has 0 saturated heterocycles. The van der Waals surface area contributed by atoms with Gasteiger partial charge in [0.05, 0.1) is 15.9 Å². The number of nitrogens with zero attached hydrogens (tertiary/aromatic N) is 1. The van der Waals surface area contributed by atoms with E-state index in [1.807, 2.05) is 19.0 Å². The van der Waals surface area contributed by atoms with Gasteiger partial charge in [-0.2, -0.15) is 0 Å². The summed E-state index contributed by atoms with van der Waals surface area (Å²) < 4.78 is 0.605. The van der Waals surface area contributed by atoms with Crippen molar-refractivity contribution in [1.29, 1.82) is 0 Å². The van der Waals surface area contributed by atoms with Crippen LogP contribution in [0.15, 0.2) is 6.07 Å². The monoisotopic (exact) mass is 382 g/mol. The van der Waals surface area contributed by atoms with E-state index in [4.69, 9.17) is 11.6 Å². The third-order valence-corrected chi connectivity index (χ3v) is 7.57. The van der Waals surface area contributed by atoms with Crippen molar-refractivity contribution in [3.63, 3.8) is 0 Å². The molecule has 4 aliphatic rings. The second-order valence-electron chi connectivity index (χ2n) is 8.77. The van der Waals surface area contributed by atoms with Crippen molar-refractivity contribution in [2.45, 2.75) is 44.6 Å². The second-order valence-corrected chi connectivity index (χ2v) is 10.4. The van der Waals surface area contributed by atoms with Gasteiger partial charge >= 0.3 is 0 Å². The summed E-state index contributed by atoms with van der Waals surface area (Å²) in [5.41, 5.74) is 0.552. The molecule has 4 nitrogen and oxygen atoms in total. The summed E-state index contributed by atoms with van der Waals surface area (Å²) in [6, 6.07) is 1.79. The van der Waals surface area contributed by atoms with Gasteiger partial charge in [-0.15, -0.1) is 11.3 Å². The zero-order valence-electron chi connectivity index (χ0n) is 14.9. The molecule has 1 heterocycles. The molecule has 0 aliphatic heterocycles. The van der Waals surface area contributed by atoms with Crippen molar-refractivity contribution in [3.8, 4) is 0 Å². The molecule has 5 rings (SSSR count). The molecule has 4 saturated carbocycles. The fourth-order valence-corrected chi connectivity index (χ4v) is 6.97. The number of carbonyl (C=O) groups excluding carboxylic acids is 1. The average molecular weight is 383 g/mol. The number of aliphatic hydroxyl groups excluding tert-OH is 1. The van der Waals surface area contributed by atoms with Crippen molar-refractivity contribution in [3.05, 3.63) is 16.0 Å². The lowest BCUT2D eigenvalue weighted by Gasteiger charge is -2.55. The Morgan fingerprint density at radius 2 is 1.88 bits per heavy atom. The van der Waals surface area contributed by atoms with E-state index in [-0.39, 0.29) is 11.3 Å². The van der Waals surface area contributed by atoms with Gasteiger partial charge in [-0.05, 0) is 76.4 Å². The molecule has 6 heteroatoms. The number of hydrogen-bond donors (Lipinski definition) is 2. The highest BCUT2D eigenvalue weighted by Crippen LogP contribution is 2.60. The second kappa shape index (κ2) is 6.52. The number of aliphatic hydroxyl groups is 1. The van der Waals surface area contributed by atoms with Crippen LogP contribution in [-0.4, -0.2) is 36.6 Å². The number of thiophene rings is 1. The minimum absolute atomic E-state index is 0.156. The number of likely N-dealkylation sites (N-methyl/N-ethyl adjacent to an activating group) is 1. The van der Waals surface area contributed by atoms with Gasteiger partial charge in [0.25, 0.3) is 0 Å². The molecule has 1 amide bonds. The molecule has 0 spiro atoms. The molecule has 1 atom stereocenters. The van der Waals surface area contributed by atoms with E-state index >= 15 is 0 Å². The van der Waals surface area contributed by atoms with Crippen molar-refractivity contribution in [1.82, 2.24) is 4.90 Å². The van der Waals surface area contributed by atoms with Crippen LogP contribution < -0.4 is 5.32 Å². The molecule has 2 N–H and O–H groups in total. The highest BCUT2D eigenvalue weighted by molar-refractivity contribution is 7.20. The van der Waals surface area contributed by atoms with Crippen LogP contribution in [0.4, 0.5) is 5.00 Å². The highest BCUT2D eigenvalue weighted by atomic mass is 35.5. The van der Waals surface area contributed by atoms with Crippen LogP contribution in [0.2, 0.25) is 4.34 Å². The van der Waals surface area contributed by atoms with Gasteiger partial charge in [-0.1, -0.05) is 11.6 Å². The summed E-state index contributed by atoms with van der Waals surface area (Å²) in [4.78, 5) is 15.2. The first-order valence-electron chi connectivity index (χ1n) is 9.28. The van der Waals surface area contributed by atoms with Gasteiger partial charge in [0.2, 0.25) is 5.91 Å². The molecule has 4 bridgehead atoms. The van der Waals surface area contributed by atoms with Gasteiger partial charge in [-0.25, -0.2) is 0 Å². The van der Waals surface area contributed by atoms with E-state index in [1.165, 1.54) is 30.6 Å². The summed E-state index contributed by atoms with van der Waals surface area (Å²) in [6.07, 6.45) is 6.45. The Bertz CT molecular complexity index is 637. The van der Waals surface area contributed by atoms with Crippen LogP contribution in [-0.2, 0) is 4.79 Å². The first-order valence-corrected chi connectivity index (χ1v) is 10.5. The normalized spacial score (nSPS) is 34.5. The predicted molar refractivity (Wildman–Crippen MR) is 102 cm³/mol. The zero-order valence-corrected chi connectivity index (χ0v) is 16.5. The van der Waals surface area contributed by atoms with E-state index in [9.17, 15) is 9.90 Å². The smallest absolute Gasteiger partial charge is 0.231 e. The number of halogens is 1. The molecule has 1 unspecified atom stereocenters. The van der Waals surface area contributed by atoms with Crippen LogP contribution in [0.1, 0.15) is 50.2 Å². The van der Waals surface area contributed by atoms with E-state index < -0.39 is 6.10 Å². The van der Waals surface area contributed by atoms with Gasteiger partial charge < -0.3 is 15.3 Å². The SMILES string of the molecule is CN(C)CC(O)c1cc(Cl)sc1NC(=O)C12CC3CC(CC(C3)C1)C2. The summed E-state index contributed by atoms with van der Waals surface area (Å²) in [5.74, 6) is 2.37. The number of carbonyl (C=O) groups is 1. The van der Waals surface area contributed by atoms with Crippen LogP contribution in [0.25, 0.3) is 0 Å². The Kier molecular flexibility index (Phi) is 4.64. The van der Waals surface area contributed by atoms with Crippen molar-refractivity contribution in [2.24, 2.45) is 23.2 Å². The van der Waals surface area contributed by atoms with Gasteiger partial charge in [0, 0.05) is 12.1 Å². The van der Waals surface area contributed by atoms with Crippen LogP contribution in [0.5, 0.6) is 0 Å². The Balaban J connectivity index is 1.53. The molecule has 4 fully saturated rings. The van der Waals surface area contributed by atoms with Crippen LogP contribution in [0, 0.1) is 23.2 Å². The molecule has 0 radical (unpaired) electrons. The van der Waals surface area contributed by atoms with Crippen LogP contribution >= 0.6 is 22.9 Å². The molecule has 0 aromatic carbocycles. The van der Waals surface area contributed by atoms with E-state index in [0.717, 1.165) is 47.6 Å². The maximum Gasteiger partial charge on any atom is 0.231 e. The number of rotatable bonds is 5. The number of amides is 1. The summed E-state index contributed by atoms with van der Waals surface area (Å²) in [7, 11) is 3.84. The Labute approximate surface area is 158 Å². The number of nitrogens with one attached hydrogen (secondary N) is 1. The van der Waals surface area contributed by atoms with Crippen molar-refractivity contribution in [2.75, 3.05) is 26.0 Å². The third kappa shape index (κ3) is 3.36. The lowest BCUT2D eigenvalue weighted by molar-refractivity contribution is -0.140. The molecular formula is C19H27ClN2O2S. The predicted octanol–water partition coefficient (Wildman–Crippen LogP) is 4.15. The summed E-state index contributed by atoms with van der Waals surface area (Å²) >= 11 is 7.55. The Morgan fingerprint density at radius 1 is 1.32 bits per heavy atom. The Morgan fingerprint density at radius 3 is 2.40 bits per heavy atom. The van der Waals surface area contributed by atoms with E-state index in [1.54, 1.807) is 6.07 Å². The third-order valence-electron chi connectivity index (χ3n) is 6.37. The fourth-order valence-electron chi connectivity index (χ4n) is 5.79. The zero-order chi connectivity index (χ0) is 17.8. The highest BCUT2D eigenvalue weighted by Gasteiger charge is 2.54. The maximum atomic E-state index is 13.2. The van der Waals surface area contributed by atoms with E-state index in [0.29, 0.717) is 10.9 Å². The molecule has 1 aromatic heterocycles. The van der Waals surface area contributed by atoms with Gasteiger partial charge in [-0.3, -0.25) is 4.79 Å². The van der Waals surface area contributed by atoms with Crippen molar-refractivity contribution >= 4 is 33.8 Å². The standard InChI is InChI=1S/C19H27ClN2O2S/c1-22(2)10-15(23)14-6-16(20)25-17(14)21-18(24)19-7-11-3-12(8-19)5-13(4-11)9-19/h6,11-13,15,23H,3-5,7-10H2,1-2H3,(H,21,24). The maximum absolute atomic E-state index is 13.2. The molecule has 4 aliphatic carbocycles. The quantitative estimate of drug-likeness (QED) is 0.804. The van der Waals surface area contributed by atoms with Gasteiger partial charge in [0.15, 0.2) is 0 Å². The molecule has 25 heavy (non-hydrogen) atoms.